The SMILES string of the molecule is CCc1c(C(=O)NCc2c(C)cc(C)[nH]c2=O)cc2c(cnn2C)c1N(CC)C1CCC(N2CCOCC2)CC1. The van der Waals surface area contributed by atoms with Crippen LogP contribution in [0.3, 0.4) is 0 Å². The number of nitrogens with zero attached hydrogens (tertiary/aromatic N) is 4. The molecule has 0 spiro atoms. The van der Waals surface area contributed by atoms with Crippen LogP contribution in [0.4, 0.5) is 5.69 Å². The molecule has 0 radical (unpaired) electrons. The molecule has 1 aliphatic carbocycles. The monoisotopic (exact) mass is 548 g/mol. The summed E-state index contributed by atoms with van der Waals surface area (Å²) < 4.78 is 7.43. The van der Waals surface area contributed by atoms with E-state index in [9.17, 15) is 9.59 Å². The molecule has 9 heteroatoms. The second kappa shape index (κ2) is 12.1. The van der Waals surface area contributed by atoms with Crippen LogP contribution in [0.15, 0.2) is 23.1 Å². The van der Waals surface area contributed by atoms with Crippen LogP contribution >= 0.6 is 0 Å². The van der Waals surface area contributed by atoms with Gasteiger partial charge in [0.25, 0.3) is 11.5 Å². The summed E-state index contributed by atoms with van der Waals surface area (Å²) in [4.78, 5) is 34.3. The van der Waals surface area contributed by atoms with E-state index in [1.165, 1.54) is 12.8 Å². The first-order valence-corrected chi connectivity index (χ1v) is 14.9. The van der Waals surface area contributed by atoms with Gasteiger partial charge in [-0.3, -0.25) is 19.2 Å². The van der Waals surface area contributed by atoms with Crippen LogP contribution in [0.2, 0.25) is 0 Å². The van der Waals surface area contributed by atoms with Gasteiger partial charge in [0, 0.05) is 67.5 Å². The van der Waals surface area contributed by atoms with Crippen molar-refractivity contribution in [1.82, 2.24) is 25.0 Å². The number of rotatable bonds is 8. The van der Waals surface area contributed by atoms with Crippen LogP contribution in [0.1, 0.15) is 72.3 Å². The number of carbonyl (C=O) groups excluding carboxylic acids is 1. The molecule has 0 atom stereocenters. The Morgan fingerprint density at radius 3 is 2.50 bits per heavy atom. The minimum Gasteiger partial charge on any atom is -0.379 e. The number of carbonyl (C=O) groups is 1. The summed E-state index contributed by atoms with van der Waals surface area (Å²) in [5.41, 5.74) is 5.93. The zero-order valence-electron chi connectivity index (χ0n) is 24.7. The zero-order valence-corrected chi connectivity index (χ0v) is 24.7. The van der Waals surface area contributed by atoms with Crippen LogP contribution in [0, 0.1) is 13.8 Å². The van der Waals surface area contributed by atoms with E-state index < -0.39 is 0 Å². The largest absolute Gasteiger partial charge is 0.379 e. The molecule has 40 heavy (non-hydrogen) atoms. The zero-order chi connectivity index (χ0) is 28.4. The van der Waals surface area contributed by atoms with E-state index >= 15 is 0 Å². The molecule has 216 valence electrons. The average Bonchev–Trinajstić information content (AvgIpc) is 3.33. The summed E-state index contributed by atoms with van der Waals surface area (Å²) in [6.07, 6.45) is 7.31. The van der Waals surface area contributed by atoms with Gasteiger partial charge in [-0.2, -0.15) is 5.10 Å². The third kappa shape index (κ3) is 5.54. The maximum absolute atomic E-state index is 13.7. The highest BCUT2D eigenvalue weighted by Gasteiger charge is 2.32. The number of aromatic nitrogens is 3. The molecular formula is C31H44N6O3. The molecule has 9 nitrogen and oxygen atoms in total. The number of pyridine rings is 1. The van der Waals surface area contributed by atoms with Crippen LogP contribution in [-0.2, 0) is 24.8 Å². The molecule has 5 rings (SSSR count). The van der Waals surface area contributed by atoms with Gasteiger partial charge in [0.2, 0.25) is 0 Å². The number of ether oxygens (including phenoxy) is 1. The van der Waals surface area contributed by atoms with Gasteiger partial charge in [-0.25, -0.2) is 0 Å². The van der Waals surface area contributed by atoms with Gasteiger partial charge in [0.05, 0.1) is 30.6 Å². The molecule has 2 N–H and O–H groups in total. The first-order valence-electron chi connectivity index (χ1n) is 14.9. The molecule has 1 saturated carbocycles. The number of hydrogen-bond acceptors (Lipinski definition) is 6. The van der Waals surface area contributed by atoms with E-state index in [2.05, 4.69) is 39.0 Å². The summed E-state index contributed by atoms with van der Waals surface area (Å²) in [5, 5.41) is 8.73. The summed E-state index contributed by atoms with van der Waals surface area (Å²) in [6.45, 7) is 12.9. The fraction of sp³-hybridized carbons (Fsp3) is 0.581. The lowest BCUT2D eigenvalue weighted by atomic mass is 9.87. The smallest absolute Gasteiger partial charge is 0.253 e. The number of hydrogen-bond donors (Lipinski definition) is 2. The van der Waals surface area contributed by atoms with Crippen LogP contribution in [-0.4, -0.2) is 70.5 Å². The van der Waals surface area contributed by atoms with E-state index in [4.69, 9.17) is 4.74 Å². The maximum Gasteiger partial charge on any atom is 0.253 e. The Kier molecular flexibility index (Phi) is 8.61. The summed E-state index contributed by atoms with van der Waals surface area (Å²) >= 11 is 0. The van der Waals surface area contributed by atoms with Crippen LogP contribution in [0.25, 0.3) is 10.9 Å². The van der Waals surface area contributed by atoms with E-state index in [0.29, 0.717) is 23.2 Å². The molecule has 3 heterocycles. The van der Waals surface area contributed by atoms with Gasteiger partial charge in [0.15, 0.2) is 0 Å². The molecule has 1 saturated heterocycles. The van der Waals surface area contributed by atoms with Crippen molar-refractivity contribution in [3.63, 3.8) is 0 Å². The predicted molar refractivity (Wildman–Crippen MR) is 159 cm³/mol. The minimum absolute atomic E-state index is 0.152. The number of fused-ring (bicyclic) bond motifs is 1. The summed E-state index contributed by atoms with van der Waals surface area (Å²) in [6, 6.07) is 4.96. The first-order chi connectivity index (χ1) is 19.3. The topological polar surface area (TPSA) is 95.5 Å². The molecule has 1 amide bonds. The van der Waals surface area contributed by atoms with Gasteiger partial charge in [-0.1, -0.05) is 6.92 Å². The Morgan fingerprint density at radius 1 is 1.12 bits per heavy atom. The minimum atomic E-state index is -0.160. The second-order valence-electron chi connectivity index (χ2n) is 11.3. The van der Waals surface area contributed by atoms with Gasteiger partial charge < -0.3 is 19.9 Å². The number of H-pyrrole nitrogens is 1. The van der Waals surface area contributed by atoms with Crippen molar-refractivity contribution < 1.29 is 9.53 Å². The van der Waals surface area contributed by atoms with Crippen molar-refractivity contribution in [2.45, 2.75) is 78.4 Å². The van der Waals surface area contributed by atoms with Crippen molar-refractivity contribution in [3.05, 3.63) is 56.6 Å². The number of benzene rings is 1. The number of nitrogens with one attached hydrogen (secondary N) is 2. The molecule has 1 aliphatic heterocycles. The lowest BCUT2D eigenvalue weighted by molar-refractivity contribution is 0.00730. The average molecular weight is 549 g/mol. The quantitative estimate of drug-likeness (QED) is 0.444. The molecule has 1 aromatic carbocycles. The number of amides is 1. The Labute approximate surface area is 236 Å². The third-order valence-electron chi connectivity index (χ3n) is 8.95. The van der Waals surface area contributed by atoms with Crippen molar-refractivity contribution in [1.29, 1.82) is 0 Å². The Balaban J connectivity index is 1.44. The summed E-state index contributed by atoms with van der Waals surface area (Å²) in [7, 11) is 1.93. The fourth-order valence-corrected chi connectivity index (χ4v) is 6.84. The van der Waals surface area contributed by atoms with E-state index in [-0.39, 0.29) is 18.0 Å². The molecule has 0 bridgehead atoms. The van der Waals surface area contributed by atoms with Crippen LogP contribution in [0.5, 0.6) is 0 Å². The van der Waals surface area contributed by atoms with Crippen molar-refractivity contribution in [2.24, 2.45) is 7.05 Å². The van der Waals surface area contributed by atoms with E-state index in [0.717, 1.165) is 85.5 Å². The normalized spacial score (nSPS) is 20.1. The second-order valence-corrected chi connectivity index (χ2v) is 11.3. The number of morpholine rings is 1. The Bertz CT molecular complexity index is 1410. The van der Waals surface area contributed by atoms with Gasteiger partial charge in [-0.05, 0) is 76.1 Å². The Hall–Kier alpha value is -3.17. The number of aromatic amines is 1. The molecule has 0 unspecified atom stereocenters. The predicted octanol–water partition coefficient (Wildman–Crippen LogP) is 3.84. The maximum atomic E-state index is 13.7. The molecule has 2 aliphatic rings. The van der Waals surface area contributed by atoms with Crippen LogP contribution < -0.4 is 15.8 Å². The fourth-order valence-electron chi connectivity index (χ4n) is 6.84. The highest BCUT2D eigenvalue weighted by Crippen LogP contribution is 2.38. The highest BCUT2D eigenvalue weighted by atomic mass is 16.5. The third-order valence-corrected chi connectivity index (χ3v) is 8.95. The Morgan fingerprint density at radius 2 is 1.85 bits per heavy atom. The molecule has 3 aromatic rings. The van der Waals surface area contributed by atoms with Gasteiger partial charge in [-0.15, -0.1) is 0 Å². The van der Waals surface area contributed by atoms with Crippen molar-refractivity contribution in [2.75, 3.05) is 37.7 Å². The lowest BCUT2D eigenvalue weighted by Gasteiger charge is -2.43. The van der Waals surface area contributed by atoms with Crippen molar-refractivity contribution >= 4 is 22.5 Å². The molecule has 2 aromatic heterocycles. The molecule has 2 fully saturated rings. The lowest BCUT2D eigenvalue weighted by Crippen LogP contribution is -2.48. The van der Waals surface area contributed by atoms with Crippen molar-refractivity contribution in [3.8, 4) is 0 Å². The first kappa shape index (κ1) is 28.4. The number of aryl methyl sites for hydroxylation is 3. The highest BCUT2D eigenvalue weighted by molar-refractivity contribution is 6.05. The van der Waals surface area contributed by atoms with Gasteiger partial charge >= 0.3 is 0 Å². The summed E-state index contributed by atoms with van der Waals surface area (Å²) in [5.74, 6) is -0.160. The standard InChI is InChI=1S/C31H44N6O3/c1-6-24-25(30(38)32-18-26-20(3)16-21(4)34-31(26)39)17-28-27(19-33-35(28)5)29(24)37(7-2)23-10-8-22(9-11-23)36-12-14-40-15-13-36/h16-17,19,22-23H,6-15,18H2,1-5H3,(H,32,38)(H,34,39). The molecular weight excluding hydrogens is 504 g/mol. The van der Waals surface area contributed by atoms with E-state index in [1.54, 1.807) is 0 Å². The van der Waals surface area contributed by atoms with E-state index in [1.807, 2.05) is 43.9 Å². The number of anilines is 1. The van der Waals surface area contributed by atoms with Gasteiger partial charge in [0.1, 0.15) is 0 Å².